The van der Waals surface area contributed by atoms with Gasteiger partial charge in [-0.05, 0) is 67.1 Å². The number of halogens is 1. The predicted octanol–water partition coefficient (Wildman–Crippen LogP) is 4.12. The molecule has 2 heterocycles. The fourth-order valence-corrected chi connectivity index (χ4v) is 5.10. The van der Waals surface area contributed by atoms with Gasteiger partial charge in [0, 0.05) is 29.0 Å². The molecule has 0 atom stereocenters. The van der Waals surface area contributed by atoms with E-state index in [1.807, 2.05) is 18.2 Å². The molecule has 3 aromatic rings. The molecule has 1 aliphatic heterocycles. The van der Waals surface area contributed by atoms with Crippen molar-refractivity contribution in [3.63, 3.8) is 0 Å². The highest BCUT2D eigenvalue weighted by atomic mass is 35.5. The molecule has 0 spiro atoms. The molecule has 0 aliphatic carbocycles. The topological polar surface area (TPSA) is 70.6 Å². The average Bonchev–Trinajstić information content (AvgIpc) is 3.12. The van der Waals surface area contributed by atoms with Gasteiger partial charge in [0.1, 0.15) is 0 Å². The van der Waals surface area contributed by atoms with E-state index in [-0.39, 0.29) is 11.7 Å². The van der Waals surface area contributed by atoms with Gasteiger partial charge in [0.15, 0.2) is 0 Å². The zero-order valence-electron chi connectivity index (χ0n) is 16.1. The number of anilines is 2. The van der Waals surface area contributed by atoms with Gasteiger partial charge in [0.05, 0.1) is 23.7 Å². The quantitative estimate of drug-likeness (QED) is 0.597. The van der Waals surface area contributed by atoms with Gasteiger partial charge in [-0.15, -0.1) is 0 Å². The van der Waals surface area contributed by atoms with Crippen LogP contribution in [0.2, 0.25) is 5.02 Å². The first-order valence-electron chi connectivity index (χ1n) is 9.52. The van der Waals surface area contributed by atoms with Crippen LogP contribution in [0.5, 0.6) is 0 Å². The lowest BCUT2D eigenvalue weighted by atomic mass is 10.1. The van der Waals surface area contributed by atoms with Crippen molar-refractivity contribution in [1.29, 1.82) is 0 Å². The number of hydrogen-bond donors (Lipinski definition) is 0. The Hall–Kier alpha value is -2.90. The van der Waals surface area contributed by atoms with Crippen LogP contribution in [0.3, 0.4) is 0 Å². The number of hydrogen-bond acceptors (Lipinski definition) is 4. The molecule has 0 saturated carbocycles. The van der Waals surface area contributed by atoms with Crippen LogP contribution in [0.4, 0.5) is 11.4 Å². The first kappa shape index (κ1) is 20.4. The standard InChI is InChI=1S/C22H20ClN3O3S/c23-18-7-11-20(12-8-18)25(16-19-4-1-2-13-24-19)22(27)17-5-9-21(10-6-17)26-14-3-15-30(26,28)29/h1-2,4-13H,3,14-16H2. The van der Waals surface area contributed by atoms with E-state index in [0.29, 0.717) is 41.5 Å². The van der Waals surface area contributed by atoms with Gasteiger partial charge in [-0.1, -0.05) is 17.7 Å². The zero-order valence-corrected chi connectivity index (χ0v) is 17.7. The van der Waals surface area contributed by atoms with Crippen molar-refractivity contribution in [2.75, 3.05) is 21.5 Å². The highest BCUT2D eigenvalue weighted by Gasteiger charge is 2.28. The van der Waals surface area contributed by atoms with E-state index in [1.165, 1.54) is 4.31 Å². The molecule has 1 amide bonds. The molecule has 6 nitrogen and oxygen atoms in total. The van der Waals surface area contributed by atoms with Gasteiger partial charge in [0.25, 0.3) is 5.91 Å². The van der Waals surface area contributed by atoms with Crippen LogP contribution in [0.25, 0.3) is 0 Å². The van der Waals surface area contributed by atoms with Gasteiger partial charge in [-0.3, -0.25) is 14.1 Å². The molecule has 154 valence electrons. The highest BCUT2D eigenvalue weighted by Crippen LogP contribution is 2.26. The molecule has 0 unspecified atom stereocenters. The van der Waals surface area contributed by atoms with Crippen LogP contribution in [0.1, 0.15) is 22.5 Å². The third-order valence-corrected chi connectivity index (χ3v) is 7.05. The Morgan fingerprint density at radius 1 is 1.03 bits per heavy atom. The van der Waals surface area contributed by atoms with Crippen molar-refractivity contribution < 1.29 is 13.2 Å². The monoisotopic (exact) mass is 441 g/mol. The van der Waals surface area contributed by atoms with E-state index in [4.69, 9.17) is 11.6 Å². The number of amides is 1. The van der Waals surface area contributed by atoms with Crippen molar-refractivity contribution in [3.8, 4) is 0 Å². The normalized spacial score (nSPS) is 15.2. The maximum absolute atomic E-state index is 13.3. The smallest absolute Gasteiger partial charge is 0.258 e. The van der Waals surface area contributed by atoms with E-state index >= 15 is 0 Å². The summed E-state index contributed by atoms with van der Waals surface area (Å²) in [4.78, 5) is 19.3. The van der Waals surface area contributed by atoms with Crippen LogP contribution in [-0.2, 0) is 16.6 Å². The lowest BCUT2D eigenvalue weighted by Crippen LogP contribution is -2.31. The maximum Gasteiger partial charge on any atom is 0.258 e. The van der Waals surface area contributed by atoms with E-state index in [2.05, 4.69) is 4.98 Å². The van der Waals surface area contributed by atoms with Crippen molar-refractivity contribution in [2.45, 2.75) is 13.0 Å². The van der Waals surface area contributed by atoms with E-state index in [0.717, 1.165) is 5.69 Å². The Bertz CT molecular complexity index is 1130. The van der Waals surface area contributed by atoms with Gasteiger partial charge in [-0.2, -0.15) is 0 Å². The summed E-state index contributed by atoms with van der Waals surface area (Å²) >= 11 is 6.01. The Morgan fingerprint density at radius 2 is 1.77 bits per heavy atom. The Balaban J connectivity index is 1.63. The fourth-order valence-electron chi connectivity index (χ4n) is 3.41. The Kier molecular flexibility index (Phi) is 5.74. The molecule has 1 fully saturated rings. The molecule has 1 aromatic heterocycles. The summed E-state index contributed by atoms with van der Waals surface area (Å²) in [5, 5.41) is 0.583. The molecular formula is C22H20ClN3O3S. The van der Waals surface area contributed by atoms with E-state index in [1.54, 1.807) is 59.6 Å². The molecule has 0 radical (unpaired) electrons. The van der Waals surface area contributed by atoms with Crippen LogP contribution in [0.15, 0.2) is 72.9 Å². The van der Waals surface area contributed by atoms with Gasteiger partial charge in [-0.25, -0.2) is 8.42 Å². The number of rotatable bonds is 5. The highest BCUT2D eigenvalue weighted by molar-refractivity contribution is 7.93. The number of carbonyl (C=O) groups is 1. The summed E-state index contributed by atoms with van der Waals surface area (Å²) in [5.41, 5.74) is 2.48. The second-order valence-corrected chi connectivity index (χ2v) is 9.43. The summed E-state index contributed by atoms with van der Waals surface area (Å²) in [6.07, 6.45) is 2.29. The number of sulfonamides is 1. The Morgan fingerprint density at radius 3 is 2.37 bits per heavy atom. The van der Waals surface area contributed by atoms with Crippen molar-refractivity contribution in [1.82, 2.24) is 4.98 Å². The number of aromatic nitrogens is 1. The van der Waals surface area contributed by atoms with Gasteiger partial charge in [0.2, 0.25) is 10.0 Å². The summed E-state index contributed by atoms with van der Waals surface area (Å²) in [6.45, 7) is 0.760. The van der Waals surface area contributed by atoms with Crippen molar-refractivity contribution >= 4 is 38.9 Å². The minimum Gasteiger partial charge on any atom is -0.302 e. The van der Waals surface area contributed by atoms with Gasteiger partial charge < -0.3 is 4.90 Å². The van der Waals surface area contributed by atoms with Crippen LogP contribution in [0, 0.1) is 0 Å². The summed E-state index contributed by atoms with van der Waals surface area (Å²) in [5.74, 6) is -0.0546. The average molecular weight is 442 g/mol. The molecular weight excluding hydrogens is 422 g/mol. The molecule has 1 aliphatic rings. The molecule has 8 heteroatoms. The van der Waals surface area contributed by atoms with E-state index in [9.17, 15) is 13.2 Å². The number of benzene rings is 2. The lowest BCUT2D eigenvalue weighted by molar-refractivity contribution is 0.0985. The summed E-state index contributed by atoms with van der Waals surface area (Å²) < 4.78 is 25.7. The van der Waals surface area contributed by atoms with Crippen molar-refractivity contribution in [2.24, 2.45) is 0 Å². The van der Waals surface area contributed by atoms with Crippen LogP contribution < -0.4 is 9.21 Å². The minimum absolute atomic E-state index is 0.155. The van der Waals surface area contributed by atoms with E-state index < -0.39 is 10.0 Å². The second-order valence-electron chi connectivity index (χ2n) is 6.98. The lowest BCUT2D eigenvalue weighted by Gasteiger charge is -2.23. The van der Waals surface area contributed by atoms with Crippen LogP contribution in [-0.4, -0.2) is 31.6 Å². The minimum atomic E-state index is -3.26. The molecule has 2 aromatic carbocycles. The predicted molar refractivity (Wildman–Crippen MR) is 118 cm³/mol. The zero-order chi connectivity index (χ0) is 21.1. The Labute approximate surface area is 180 Å². The summed E-state index contributed by atoms with van der Waals surface area (Å²) in [6, 6.07) is 19.3. The molecule has 30 heavy (non-hydrogen) atoms. The number of nitrogens with zero attached hydrogens (tertiary/aromatic N) is 3. The second kappa shape index (κ2) is 8.45. The molecule has 4 rings (SSSR count). The van der Waals surface area contributed by atoms with Crippen molar-refractivity contribution in [3.05, 3.63) is 89.2 Å². The largest absolute Gasteiger partial charge is 0.302 e. The SMILES string of the molecule is O=C(c1ccc(N2CCCS2(=O)=O)cc1)N(Cc1ccccn1)c1ccc(Cl)cc1. The molecule has 1 saturated heterocycles. The third kappa shape index (κ3) is 4.32. The summed E-state index contributed by atoms with van der Waals surface area (Å²) in [7, 11) is -3.26. The molecule has 0 bridgehead atoms. The van der Waals surface area contributed by atoms with Crippen LogP contribution >= 0.6 is 11.6 Å². The first-order chi connectivity index (χ1) is 14.4. The maximum atomic E-state index is 13.3. The number of carbonyl (C=O) groups excluding carboxylic acids is 1. The van der Waals surface area contributed by atoms with Gasteiger partial charge >= 0.3 is 0 Å². The fraction of sp³-hybridized carbons (Fsp3) is 0.182. The number of pyridine rings is 1. The third-order valence-electron chi connectivity index (χ3n) is 4.93. The first-order valence-corrected chi connectivity index (χ1v) is 11.5. The molecule has 0 N–H and O–H groups in total.